The van der Waals surface area contributed by atoms with Gasteiger partial charge in [0.15, 0.2) is 5.82 Å². The third kappa shape index (κ3) is 5.33. The van der Waals surface area contributed by atoms with Crippen molar-refractivity contribution in [2.24, 2.45) is 0 Å². The van der Waals surface area contributed by atoms with Crippen LogP contribution in [-0.2, 0) is 5.41 Å². The van der Waals surface area contributed by atoms with E-state index in [9.17, 15) is 0 Å². The highest BCUT2D eigenvalue weighted by atomic mass is 16.3. The van der Waals surface area contributed by atoms with Gasteiger partial charge in [0, 0.05) is 32.9 Å². The first kappa shape index (κ1) is 31.9. The van der Waals surface area contributed by atoms with Crippen LogP contribution in [0.4, 0.5) is 0 Å². The molecule has 2 aliphatic carbocycles. The second kappa shape index (κ2) is 12.8. The van der Waals surface area contributed by atoms with Crippen LogP contribution in [0.25, 0.3) is 89.2 Å². The SMILES string of the molecule is c1ccc(-c2ccc(-c3cc(-c4ccc5c(c4)oc4cc(-c6ccc7c(c6)-c6ccccc6C76CCCCC6)ccc45)nc(-c4ccccc4)n3)cc2)cc1. The van der Waals surface area contributed by atoms with E-state index in [4.69, 9.17) is 14.4 Å². The summed E-state index contributed by atoms with van der Waals surface area (Å²) >= 11 is 0. The zero-order valence-electron chi connectivity index (χ0n) is 30.5. The van der Waals surface area contributed by atoms with E-state index in [0.717, 1.165) is 50.0 Å². The number of rotatable bonds is 5. The first-order chi connectivity index (χ1) is 27.2. The Morgan fingerprint density at radius 2 is 0.909 bits per heavy atom. The van der Waals surface area contributed by atoms with Crippen LogP contribution < -0.4 is 0 Å². The lowest BCUT2D eigenvalue weighted by Gasteiger charge is -2.36. The van der Waals surface area contributed by atoms with Gasteiger partial charge in [0.05, 0.1) is 11.4 Å². The van der Waals surface area contributed by atoms with E-state index in [1.807, 2.05) is 24.3 Å². The molecule has 0 N–H and O–H groups in total. The number of hydrogen-bond acceptors (Lipinski definition) is 3. The van der Waals surface area contributed by atoms with Gasteiger partial charge in [0.2, 0.25) is 0 Å². The van der Waals surface area contributed by atoms with Gasteiger partial charge in [-0.2, -0.15) is 0 Å². The molecule has 9 aromatic rings. The van der Waals surface area contributed by atoms with Gasteiger partial charge in [0.1, 0.15) is 11.2 Å². The molecule has 55 heavy (non-hydrogen) atoms. The quantitative estimate of drug-likeness (QED) is 0.179. The lowest BCUT2D eigenvalue weighted by molar-refractivity contribution is 0.353. The molecule has 3 nitrogen and oxygen atoms in total. The van der Waals surface area contributed by atoms with Gasteiger partial charge in [-0.1, -0.05) is 153 Å². The van der Waals surface area contributed by atoms with Gasteiger partial charge in [-0.15, -0.1) is 0 Å². The Morgan fingerprint density at radius 3 is 1.65 bits per heavy atom. The summed E-state index contributed by atoms with van der Waals surface area (Å²) in [4.78, 5) is 10.2. The maximum Gasteiger partial charge on any atom is 0.160 e. The summed E-state index contributed by atoms with van der Waals surface area (Å²) < 4.78 is 6.66. The van der Waals surface area contributed by atoms with Crippen LogP contribution in [0.3, 0.4) is 0 Å². The van der Waals surface area contributed by atoms with Crippen LogP contribution in [0, 0.1) is 0 Å². The Bertz CT molecular complexity index is 2880. The van der Waals surface area contributed by atoms with Gasteiger partial charge in [-0.05, 0) is 93.7 Å². The maximum absolute atomic E-state index is 6.66. The second-order valence-electron chi connectivity index (χ2n) is 15.2. The average molecular weight is 707 g/mol. The zero-order chi connectivity index (χ0) is 36.3. The van der Waals surface area contributed by atoms with Crippen LogP contribution in [0.2, 0.25) is 0 Å². The molecule has 11 rings (SSSR count). The van der Waals surface area contributed by atoms with Crippen LogP contribution >= 0.6 is 0 Å². The van der Waals surface area contributed by atoms with Crippen molar-refractivity contribution in [3.8, 4) is 67.3 Å². The summed E-state index contributed by atoms with van der Waals surface area (Å²) in [6.07, 6.45) is 6.43. The van der Waals surface area contributed by atoms with E-state index >= 15 is 0 Å². The largest absolute Gasteiger partial charge is 0.456 e. The Balaban J connectivity index is 0.971. The lowest BCUT2D eigenvalue weighted by Crippen LogP contribution is -2.27. The number of hydrogen-bond donors (Lipinski definition) is 0. The molecule has 0 amide bonds. The molecule has 2 aromatic heterocycles. The standard InChI is InChI=1S/C52H38N2O/c1-4-12-34(13-5-1)35-18-20-36(21-19-35)47-33-48(54-51(53-47)37-14-6-2-7-15-37)40-23-26-43-42-25-22-39(31-49(42)55-50(43)32-40)38-24-27-46-44(30-38)41-16-8-9-17-45(41)52(46)28-10-3-11-29-52/h1-2,4-9,12-27,30-33H,3,10-11,28-29H2. The molecular weight excluding hydrogens is 669 g/mol. The third-order valence-electron chi connectivity index (χ3n) is 12.1. The Hall–Kier alpha value is -6.58. The van der Waals surface area contributed by atoms with Crippen LogP contribution in [0.15, 0.2) is 174 Å². The van der Waals surface area contributed by atoms with Crippen LogP contribution in [0.1, 0.15) is 43.2 Å². The topological polar surface area (TPSA) is 38.9 Å². The van der Waals surface area contributed by atoms with Gasteiger partial charge < -0.3 is 4.42 Å². The van der Waals surface area contributed by atoms with E-state index < -0.39 is 0 Å². The van der Waals surface area contributed by atoms with Gasteiger partial charge in [0.25, 0.3) is 0 Å². The zero-order valence-corrected chi connectivity index (χ0v) is 30.5. The Morgan fingerprint density at radius 1 is 0.382 bits per heavy atom. The Labute approximate surface area is 321 Å². The second-order valence-corrected chi connectivity index (χ2v) is 15.2. The number of nitrogens with zero attached hydrogens (tertiary/aromatic N) is 2. The summed E-state index contributed by atoms with van der Waals surface area (Å²) in [5, 5.41) is 2.21. The fourth-order valence-corrected chi connectivity index (χ4v) is 9.38. The van der Waals surface area contributed by atoms with E-state index in [1.165, 1.54) is 76.6 Å². The highest BCUT2D eigenvalue weighted by molar-refractivity contribution is 6.07. The first-order valence-corrected chi connectivity index (χ1v) is 19.5. The van der Waals surface area contributed by atoms with Crippen molar-refractivity contribution < 1.29 is 4.42 Å². The van der Waals surface area contributed by atoms with Gasteiger partial charge in [-0.3, -0.25) is 0 Å². The highest BCUT2D eigenvalue weighted by Crippen LogP contribution is 2.56. The van der Waals surface area contributed by atoms with Crippen molar-refractivity contribution in [2.45, 2.75) is 37.5 Å². The summed E-state index contributed by atoms with van der Waals surface area (Å²) in [5.41, 5.74) is 17.3. The summed E-state index contributed by atoms with van der Waals surface area (Å²) in [7, 11) is 0. The fraction of sp³-hybridized carbons (Fsp3) is 0.115. The molecule has 1 spiro atoms. The summed E-state index contributed by atoms with van der Waals surface area (Å²) in [5.74, 6) is 0.695. The molecule has 0 bridgehead atoms. The third-order valence-corrected chi connectivity index (χ3v) is 12.1. The number of benzene rings is 7. The van der Waals surface area contributed by atoms with Crippen molar-refractivity contribution in [1.82, 2.24) is 9.97 Å². The minimum Gasteiger partial charge on any atom is -0.456 e. The molecule has 2 heterocycles. The van der Waals surface area contributed by atoms with Crippen molar-refractivity contribution >= 4 is 21.9 Å². The molecule has 0 atom stereocenters. The molecule has 7 aromatic carbocycles. The minimum absolute atomic E-state index is 0.169. The maximum atomic E-state index is 6.66. The molecule has 0 radical (unpaired) electrons. The van der Waals surface area contributed by atoms with E-state index in [2.05, 4.69) is 146 Å². The van der Waals surface area contributed by atoms with Gasteiger partial charge in [-0.25, -0.2) is 9.97 Å². The predicted molar refractivity (Wildman–Crippen MR) is 226 cm³/mol. The summed E-state index contributed by atoms with van der Waals surface area (Å²) in [6, 6.07) is 60.8. The molecule has 1 saturated carbocycles. The number of fused-ring (bicyclic) bond motifs is 8. The normalized spacial score (nSPS) is 14.3. The molecule has 0 saturated heterocycles. The smallest absolute Gasteiger partial charge is 0.160 e. The van der Waals surface area contributed by atoms with Crippen LogP contribution in [0.5, 0.6) is 0 Å². The van der Waals surface area contributed by atoms with E-state index in [1.54, 1.807) is 0 Å². The molecule has 1 fully saturated rings. The molecule has 262 valence electrons. The van der Waals surface area contributed by atoms with Crippen molar-refractivity contribution in [2.75, 3.05) is 0 Å². The fourth-order valence-electron chi connectivity index (χ4n) is 9.38. The molecule has 0 aliphatic heterocycles. The molecule has 2 aliphatic rings. The van der Waals surface area contributed by atoms with E-state index in [-0.39, 0.29) is 5.41 Å². The number of furan rings is 1. The van der Waals surface area contributed by atoms with Gasteiger partial charge >= 0.3 is 0 Å². The van der Waals surface area contributed by atoms with Crippen molar-refractivity contribution in [3.63, 3.8) is 0 Å². The predicted octanol–water partition coefficient (Wildman–Crippen LogP) is 13.9. The molecular formula is C52H38N2O. The van der Waals surface area contributed by atoms with E-state index in [0.29, 0.717) is 5.82 Å². The lowest BCUT2D eigenvalue weighted by atomic mass is 9.68. The first-order valence-electron chi connectivity index (χ1n) is 19.5. The molecule has 0 unspecified atom stereocenters. The Kier molecular flexibility index (Phi) is 7.41. The minimum atomic E-state index is 0.169. The summed E-state index contributed by atoms with van der Waals surface area (Å²) in [6.45, 7) is 0. The average Bonchev–Trinajstić information content (AvgIpc) is 3.76. The van der Waals surface area contributed by atoms with Crippen molar-refractivity contribution in [1.29, 1.82) is 0 Å². The highest BCUT2D eigenvalue weighted by Gasteiger charge is 2.43. The number of aromatic nitrogens is 2. The molecule has 3 heteroatoms. The van der Waals surface area contributed by atoms with Crippen molar-refractivity contribution in [3.05, 3.63) is 181 Å². The monoisotopic (exact) mass is 706 g/mol. The van der Waals surface area contributed by atoms with Crippen LogP contribution in [-0.4, -0.2) is 9.97 Å².